The number of ether oxygens (including phenoxy) is 3. The SMILES string of the molecule is COc1ccccc1C(OC)(OC)OS(C)(=O)=O. The second kappa shape index (κ2) is 5.66. The molecule has 18 heavy (non-hydrogen) atoms. The van der Waals surface area contributed by atoms with Crippen LogP contribution in [-0.2, 0) is 29.7 Å². The summed E-state index contributed by atoms with van der Waals surface area (Å²) in [5.41, 5.74) is 0.322. The third kappa shape index (κ3) is 3.20. The van der Waals surface area contributed by atoms with E-state index in [0.717, 1.165) is 6.26 Å². The van der Waals surface area contributed by atoms with Crippen LogP contribution < -0.4 is 4.74 Å². The van der Waals surface area contributed by atoms with E-state index in [2.05, 4.69) is 0 Å². The quantitative estimate of drug-likeness (QED) is 0.572. The van der Waals surface area contributed by atoms with Crippen LogP contribution >= 0.6 is 0 Å². The Morgan fingerprint density at radius 2 is 1.61 bits per heavy atom. The van der Waals surface area contributed by atoms with E-state index in [0.29, 0.717) is 11.3 Å². The average Bonchev–Trinajstić information content (AvgIpc) is 2.35. The maximum Gasteiger partial charge on any atom is 0.329 e. The third-order valence-corrected chi connectivity index (χ3v) is 2.76. The van der Waals surface area contributed by atoms with Gasteiger partial charge in [0.2, 0.25) is 0 Å². The zero-order valence-electron chi connectivity index (χ0n) is 10.7. The van der Waals surface area contributed by atoms with Crippen molar-refractivity contribution in [3.63, 3.8) is 0 Å². The van der Waals surface area contributed by atoms with Gasteiger partial charge in [0.1, 0.15) is 5.75 Å². The summed E-state index contributed by atoms with van der Waals surface area (Å²) in [6.07, 6.45) is 0.912. The van der Waals surface area contributed by atoms with E-state index in [-0.39, 0.29) is 0 Å². The molecular formula is C11H16O6S. The molecule has 0 bridgehead atoms. The lowest BCUT2D eigenvalue weighted by atomic mass is 10.1. The van der Waals surface area contributed by atoms with Crippen LogP contribution in [0.25, 0.3) is 0 Å². The van der Waals surface area contributed by atoms with E-state index < -0.39 is 16.1 Å². The maximum absolute atomic E-state index is 11.3. The molecule has 1 aromatic rings. The Bertz CT molecular complexity index is 492. The molecule has 7 heteroatoms. The molecule has 0 amide bonds. The Kier molecular flexibility index (Phi) is 4.69. The van der Waals surface area contributed by atoms with Gasteiger partial charge in [0, 0.05) is 14.2 Å². The normalized spacial score (nSPS) is 12.4. The van der Waals surface area contributed by atoms with Gasteiger partial charge in [-0.3, -0.25) is 0 Å². The van der Waals surface area contributed by atoms with Gasteiger partial charge in [-0.1, -0.05) is 12.1 Å². The fourth-order valence-electron chi connectivity index (χ4n) is 1.51. The molecule has 0 saturated heterocycles. The highest BCUT2D eigenvalue weighted by atomic mass is 32.2. The van der Waals surface area contributed by atoms with Crippen LogP contribution in [0.2, 0.25) is 0 Å². The number of benzene rings is 1. The first-order valence-corrected chi connectivity index (χ1v) is 6.84. The van der Waals surface area contributed by atoms with Crippen LogP contribution in [0.4, 0.5) is 0 Å². The largest absolute Gasteiger partial charge is 0.496 e. The van der Waals surface area contributed by atoms with Crippen molar-refractivity contribution in [3.8, 4) is 5.75 Å². The van der Waals surface area contributed by atoms with E-state index in [1.807, 2.05) is 0 Å². The topological polar surface area (TPSA) is 71.1 Å². The standard InChI is InChI=1S/C11H16O6S/c1-14-10-8-6-5-7-9(10)11(15-2,16-3)17-18(4,12)13/h5-8H,1-4H3. The van der Waals surface area contributed by atoms with Crippen LogP contribution in [0.15, 0.2) is 24.3 Å². The minimum absolute atomic E-state index is 0.322. The summed E-state index contributed by atoms with van der Waals surface area (Å²) in [5, 5.41) is 0. The molecule has 1 aromatic carbocycles. The van der Waals surface area contributed by atoms with Crippen molar-refractivity contribution in [1.29, 1.82) is 0 Å². The van der Waals surface area contributed by atoms with E-state index >= 15 is 0 Å². The smallest absolute Gasteiger partial charge is 0.329 e. The van der Waals surface area contributed by atoms with E-state index in [9.17, 15) is 8.42 Å². The molecule has 0 aromatic heterocycles. The number of rotatable bonds is 6. The lowest BCUT2D eigenvalue weighted by molar-refractivity contribution is -0.332. The molecule has 0 aliphatic rings. The van der Waals surface area contributed by atoms with Gasteiger partial charge in [0.05, 0.1) is 18.9 Å². The lowest BCUT2D eigenvalue weighted by Gasteiger charge is -2.30. The van der Waals surface area contributed by atoms with Crippen LogP contribution in [-0.4, -0.2) is 36.0 Å². The van der Waals surface area contributed by atoms with Gasteiger partial charge in [-0.25, -0.2) is 4.18 Å². The summed E-state index contributed by atoms with van der Waals surface area (Å²) in [6.45, 7) is 0. The number of para-hydroxylation sites is 1. The fourth-order valence-corrected chi connectivity index (χ4v) is 2.14. The average molecular weight is 276 g/mol. The molecule has 102 valence electrons. The highest BCUT2D eigenvalue weighted by molar-refractivity contribution is 7.86. The highest BCUT2D eigenvalue weighted by Gasteiger charge is 2.40. The molecule has 1 rings (SSSR count). The van der Waals surface area contributed by atoms with Crippen molar-refractivity contribution in [3.05, 3.63) is 29.8 Å². The Morgan fingerprint density at radius 3 is 2.06 bits per heavy atom. The van der Waals surface area contributed by atoms with E-state index in [1.54, 1.807) is 24.3 Å². The molecule has 6 nitrogen and oxygen atoms in total. The first-order chi connectivity index (χ1) is 8.38. The van der Waals surface area contributed by atoms with Gasteiger partial charge in [0.25, 0.3) is 10.1 Å². The molecule has 0 atom stereocenters. The molecule has 0 spiro atoms. The number of hydrogen-bond acceptors (Lipinski definition) is 6. The number of hydrogen-bond donors (Lipinski definition) is 0. The Balaban J connectivity index is 3.35. The summed E-state index contributed by atoms with van der Waals surface area (Å²) in [6, 6.07) is 6.67. The zero-order valence-corrected chi connectivity index (χ0v) is 11.5. The summed E-state index contributed by atoms with van der Waals surface area (Å²) in [4.78, 5) is 0. The van der Waals surface area contributed by atoms with Gasteiger partial charge in [-0.05, 0) is 12.1 Å². The monoisotopic (exact) mass is 276 g/mol. The minimum atomic E-state index is -3.78. The van der Waals surface area contributed by atoms with Crippen LogP contribution in [0.1, 0.15) is 5.56 Å². The summed E-state index contributed by atoms with van der Waals surface area (Å²) < 4.78 is 42.8. The Labute approximate surface area is 107 Å². The Hall–Kier alpha value is -1.15. The van der Waals surface area contributed by atoms with Gasteiger partial charge >= 0.3 is 5.97 Å². The van der Waals surface area contributed by atoms with Gasteiger partial charge in [-0.15, -0.1) is 0 Å². The second-order valence-corrected chi connectivity index (χ2v) is 5.03. The summed E-state index contributed by atoms with van der Waals surface area (Å²) in [7, 11) is 0.227. The lowest BCUT2D eigenvalue weighted by Crippen LogP contribution is -2.36. The van der Waals surface area contributed by atoms with Crippen molar-refractivity contribution in [2.24, 2.45) is 0 Å². The van der Waals surface area contributed by atoms with Crippen molar-refractivity contribution in [1.82, 2.24) is 0 Å². The second-order valence-electron chi connectivity index (χ2n) is 3.45. The molecule has 0 fully saturated rings. The molecule has 0 unspecified atom stereocenters. The first-order valence-electron chi connectivity index (χ1n) is 5.03. The first kappa shape index (κ1) is 14.9. The van der Waals surface area contributed by atoms with E-state index in [4.69, 9.17) is 18.4 Å². The predicted octanol–water partition coefficient (Wildman–Crippen LogP) is 1.07. The number of methoxy groups -OCH3 is 3. The molecule has 0 heterocycles. The van der Waals surface area contributed by atoms with Crippen LogP contribution in [0.3, 0.4) is 0 Å². The highest BCUT2D eigenvalue weighted by Crippen LogP contribution is 2.35. The summed E-state index contributed by atoms with van der Waals surface area (Å²) >= 11 is 0. The van der Waals surface area contributed by atoms with E-state index in [1.165, 1.54) is 21.3 Å². The van der Waals surface area contributed by atoms with Crippen molar-refractivity contribution in [2.75, 3.05) is 27.6 Å². The molecule has 0 N–H and O–H groups in total. The summed E-state index contributed by atoms with van der Waals surface area (Å²) in [5.74, 6) is -1.47. The Morgan fingerprint density at radius 1 is 1.06 bits per heavy atom. The van der Waals surface area contributed by atoms with Crippen molar-refractivity contribution < 1.29 is 26.8 Å². The van der Waals surface area contributed by atoms with Crippen molar-refractivity contribution >= 4 is 10.1 Å². The van der Waals surface area contributed by atoms with Crippen molar-refractivity contribution in [2.45, 2.75) is 5.97 Å². The fraction of sp³-hybridized carbons (Fsp3) is 0.455. The molecule has 0 aliphatic heterocycles. The zero-order chi connectivity index (χ0) is 13.8. The van der Waals surface area contributed by atoms with Gasteiger partial charge in [-0.2, -0.15) is 8.42 Å². The maximum atomic E-state index is 11.3. The molecular weight excluding hydrogens is 260 g/mol. The predicted molar refractivity (Wildman–Crippen MR) is 64.6 cm³/mol. The van der Waals surface area contributed by atoms with Crippen LogP contribution in [0.5, 0.6) is 5.75 Å². The molecule has 0 saturated carbocycles. The molecule has 0 aliphatic carbocycles. The van der Waals surface area contributed by atoms with Crippen LogP contribution in [0, 0.1) is 0 Å². The third-order valence-electron chi connectivity index (χ3n) is 2.24. The minimum Gasteiger partial charge on any atom is -0.496 e. The van der Waals surface area contributed by atoms with Gasteiger partial charge in [0.15, 0.2) is 0 Å². The van der Waals surface area contributed by atoms with Gasteiger partial charge < -0.3 is 14.2 Å². The molecule has 0 radical (unpaired) electrons.